The molecule has 1 aromatic carbocycles. The first-order chi connectivity index (χ1) is 11.5. The summed E-state index contributed by atoms with van der Waals surface area (Å²) in [6.45, 7) is 1.89. The molecule has 122 valence electrons. The van der Waals surface area contributed by atoms with Crippen molar-refractivity contribution in [1.29, 1.82) is 0 Å². The van der Waals surface area contributed by atoms with Crippen molar-refractivity contribution in [3.8, 4) is 0 Å². The van der Waals surface area contributed by atoms with Crippen LogP contribution in [0.1, 0.15) is 5.56 Å². The van der Waals surface area contributed by atoms with Gasteiger partial charge in [0.05, 0.1) is 5.75 Å². The molecule has 1 N–H and O–H groups in total. The summed E-state index contributed by atoms with van der Waals surface area (Å²) in [5, 5.41) is 2.80. The molecule has 6 nitrogen and oxygen atoms in total. The fraction of sp³-hybridized carbons (Fsp3) is 0.125. The molecule has 0 aliphatic rings. The van der Waals surface area contributed by atoms with Gasteiger partial charge >= 0.3 is 5.69 Å². The van der Waals surface area contributed by atoms with Gasteiger partial charge < -0.3 is 5.32 Å². The second-order valence-corrected chi connectivity index (χ2v) is 6.01. The van der Waals surface area contributed by atoms with Crippen molar-refractivity contribution >= 4 is 29.0 Å². The summed E-state index contributed by atoms with van der Waals surface area (Å²) in [5.74, 6) is -0.752. The van der Waals surface area contributed by atoms with Crippen LogP contribution in [-0.2, 0) is 4.79 Å². The number of hydrogen-bond acceptors (Lipinski definition) is 5. The third kappa shape index (κ3) is 3.77. The molecule has 2 heterocycles. The van der Waals surface area contributed by atoms with E-state index in [1.165, 1.54) is 22.6 Å². The maximum absolute atomic E-state index is 13.1. The highest BCUT2D eigenvalue weighted by molar-refractivity contribution is 7.99. The van der Waals surface area contributed by atoms with Gasteiger partial charge in [0.1, 0.15) is 11.5 Å². The Morgan fingerprint density at radius 1 is 1.29 bits per heavy atom. The zero-order valence-electron chi connectivity index (χ0n) is 12.7. The Morgan fingerprint density at radius 3 is 2.92 bits per heavy atom. The van der Waals surface area contributed by atoms with Crippen molar-refractivity contribution in [3.63, 3.8) is 0 Å². The van der Waals surface area contributed by atoms with Crippen LogP contribution in [0.15, 0.2) is 52.5 Å². The Bertz CT molecular complexity index is 974. The topological polar surface area (TPSA) is 76.4 Å². The van der Waals surface area contributed by atoms with E-state index < -0.39 is 11.5 Å². The van der Waals surface area contributed by atoms with Crippen LogP contribution in [-0.4, -0.2) is 26.0 Å². The monoisotopic (exact) mass is 344 g/mol. The first-order valence-corrected chi connectivity index (χ1v) is 8.05. The van der Waals surface area contributed by atoms with E-state index >= 15 is 0 Å². The average molecular weight is 344 g/mol. The normalized spacial score (nSPS) is 10.8. The molecule has 0 aliphatic carbocycles. The molecule has 0 bridgehead atoms. The van der Waals surface area contributed by atoms with Crippen LogP contribution < -0.4 is 11.0 Å². The van der Waals surface area contributed by atoms with Crippen LogP contribution in [0.25, 0.3) is 5.65 Å². The van der Waals surface area contributed by atoms with Crippen LogP contribution in [0.5, 0.6) is 0 Å². The van der Waals surface area contributed by atoms with Gasteiger partial charge in [0.15, 0.2) is 5.16 Å². The van der Waals surface area contributed by atoms with Crippen LogP contribution in [0.4, 0.5) is 10.1 Å². The lowest BCUT2D eigenvalue weighted by atomic mass is 10.3. The lowest BCUT2D eigenvalue weighted by Gasteiger charge is -2.05. The maximum atomic E-state index is 13.1. The van der Waals surface area contributed by atoms with E-state index in [0.717, 1.165) is 17.3 Å². The summed E-state index contributed by atoms with van der Waals surface area (Å²) in [5.41, 5.74) is 1.36. The standard InChI is InChI=1S/C16H13FN4O2S/c1-10-5-6-21-13(7-10)19-15(20-16(21)23)24-9-14(22)18-12-4-2-3-11(17)8-12/h2-8H,9H2,1H3,(H,18,22). The number of halogens is 1. The van der Waals surface area contributed by atoms with Gasteiger partial charge in [0.25, 0.3) is 0 Å². The van der Waals surface area contributed by atoms with Gasteiger partial charge in [0.2, 0.25) is 5.91 Å². The molecular formula is C16H13FN4O2S. The predicted octanol–water partition coefficient (Wildman–Crippen LogP) is 2.27. The Morgan fingerprint density at radius 2 is 2.12 bits per heavy atom. The number of benzene rings is 1. The third-order valence-corrected chi connectivity index (χ3v) is 3.99. The number of pyridine rings is 1. The van der Waals surface area contributed by atoms with E-state index in [2.05, 4.69) is 15.3 Å². The molecular weight excluding hydrogens is 331 g/mol. The van der Waals surface area contributed by atoms with Crippen molar-refractivity contribution in [2.24, 2.45) is 0 Å². The quantitative estimate of drug-likeness (QED) is 0.735. The Balaban J connectivity index is 1.71. The Hall–Kier alpha value is -2.74. The van der Waals surface area contributed by atoms with Gasteiger partial charge in [-0.25, -0.2) is 14.2 Å². The maximum Gasteiger partial charge on any atom is 0.355 e. The first-order valence-electron chi connectivity index (χ1n) is 7.06. The molecule has 8 heteroatoms. The minimum atomic E-state index is -0.451. The number of anilines is 1. The van der Waals surface area contributed by atoms with Crippen LogP contribution in [0.2, 0.25) is 0 Å². The third-order valence-electron chi connectivity index (χ3n) is 3.14. The molecule has 0 radical (unpaired) electrons. The predicted molar refractivity (Wildman–Crippen MR) is 89.7 cm³/mol. The summed E-state index contributed by atoms with van der Waals surface area (Å²) >= 11 is 1.05. The van der Waals surface area contributed by atoms with E-state index in [-0.39, 0.29) is 16.8 Å². The SMILES string of the molecule is Cc1ccn2c(=O)nc(SCC(=O)Nc3cccc(F)c3)nc2c1. The van der Waals surface area contributed by atoms with Crippen molar-refractivity contribution in [2.75, 3.05) is 11.1 Å². The molecule has 0 aliphatic heterocycles. The molecule has 24 heavy (non-hydrogen) atoms. The number of nitrogens with zero attached hydrogens (tertiary/aromatic N) is 3. The Labute approximate surface area is 140 Å². The molecule has 3 rings (SSSR count). The molecule has 3 aromatic rings. The molecule has 1 amide bonds. The number of amides is 1. The largest absolute Gasteiger partial charge is 0.355 e. The van der Waals surface area contributed by atoms with Crippen molar-refractivity contribution in [1.82, 2.24) is 14.4 Å². The summed E-state index contributed by atoms with van der Waals surface area (Å²) < 4.78 is 14.4. The van der Waals surface area contributed by atoms with Gasteiger partial charge in [-0.2, -0.15) is 4.98 Å². The van der Waals surface area contributed by atoms with Gasteiger partial charge in [-0.1, -0.05) is 17.8 Å². The van der Waals surface area contributed by atoms with E-state index in [1.807, 2.05) is 6.92 Å². The van der Waals surface area contributed by atoms with E-state index in [9.17, 15) is 14.0 Å². The molecule has 0 saturated carbocycles. The zero-order chi connectivity index (χ0) is 17.1. The number of aryl methyl sites for hydroxylation is 1. The number of fused-ring (bicyclic) bond motifs is 1. The van der Waals surface area contributed by atoms with Crippen molar-refractivity contribution < 1.29 is 9.18 Å². The number of nitrogens with one attached hydrogen (secondary N) is 1. The lowest BCUT2D eigenvalue weighted by Crippen LogP contribution is -2.20. The summed E-state index contributed by atoms with van der Waals surface area (Å²) in [6, 6.07) is 9.17. The second-order valence-electron chi connectivity index (χ2n) is 5.07. The van der Waals surface area contributed by atoms with E-state index in [1.54, 1.807) is 24.4 Å². The summed E-state index contributed by atoms with van der Waals surface area (Å²) in [7, 11) is 0. The lowest BCUT2D eigenvalue weighted by molar-refractivity contribution is -0.113. The van der Waals surface area contributed by atoms with Gasteiger partial charge in [0, 0.05) is 11.9 Å². The van der Waals surface area contributed by atoms with Crippen molar-refractivity contribution in [2.45, 2.75) is 12.1 Å². The van der Waals surface area contributed by atoms with Gasteiger partial charge in [-0.15, -0.1) is 0 Å². The fourth-order valence-electron chi connectivity index (χ4n) is 2.05. The van der Waals surface area contributed by atoms with Crippen molar-refractivity contribution in [3.05, 3.63) is 64.5 Å². The number of aromatic nitrogens is 3. The smallest absolute Gasteiger partial charge is 0.325 e. The number of carbonyl (C=O) groups is 1. The number of thioether (sulfide) groups is 1. The molecule has 0 atom stereocenters. The van der Waals surface area contributed by atoms with Crippen LogP contribution >= 0.6 is 11.8 Å². The molecule has 0 unspecified atom stereocenters. The summed E-state index contributed by atoms with van der Waals surface area (Å²) in [4.78, 5) is 32.0. The number of rotatable bonds is 4. The van der Waals surface area contributed by atoms with E-state index in [4.69, 9.17) is 0 Å². The summed E-state index contributed by atoms with van der Waals surface area (Å²) in [6.07, 6.45) is 1.61. The highest BCUT2D eigenvalue weighted by Gasteiger charge is 2.09. The molecule has 0 fully saturated rings. The first kappa shape index (κ1) is 16.1. The molecule has 0 spiro atoms. The second kappa shape index (κ2) is 6.79. The molecule has 2 aromatic heterocycles. The van der Waals surface area contributed by atoms with Crippen LogP contribution in [0.3, 0.4) is 0 Å². The highest BCUT2D eigenvalue weighted by atomic mass is 32.2. The minimum absolute atomic E-state index is 0.0118. The number of carbonyl (C=O) groups excluding carboxylic acids is 1. The van der Waals surface area contributed by atoms with Gasteiger partial charge in [-0.05, 0) is 42.8 Å². The molecule has 0 saturated heterocycles. The minimum Gasteiger partial charge on any atom is -0.325 e. The average Bonchev–Trinajstić information content (AvgIpc) is 2.52. The number of hydrogen-bond donors (Lipinski definition) is 1. The zero-order valence-corrected chi connectivity index (χ0v) is 13.5. The highest BCUT2D eigenvalue weighted by Crippen LogP contribution is 2.14. The Kier molecular flexibility index (Phi) is 4.57. The fourth-order valence-corrected chi connectivity index (χ4v) is 2.69. The van der Waals surface area contributed by atoms with E-state index in [0.29, 0.717) is 11.3 Å². The van der Waals surface area contributed by atoms with Gasteiger partial charge in [-0.3, -0.25) is 9.20 Å². The van der Waals surface area contributed by atoms with Crippen LogP contribution in [0, 0.1) is 12.7 Å².